The van der Waals surface area contributed by atoms with Crippen LogP contribution in [0, 0.1) is 0 Å². The van der Waals surface area contributed by atoms with E-state index in [1.165, 1.54) is 33.7 Å². The molecule has 5 heteroatoms. The van der Waals surface area contributed by atoms with Gasteiger partial charge in [0.1, 0.15) is 0 Å². The lowest BCUT2D eigenvalue weighted by atomic mass is 10.0. The number of amides is 1. The Kier molecular flexibility index (Phi) is 5.05. The number of hydroxylamine groups is 1. The number of aromatic nitrogens is 1. The van der Waals surface area contributed by atoms with Gasteiger partial charge in [0.05, 0.1) is 0 Å². The van der Waals surface area contributed by atoms with Crippen LogP contribution in [0.1, 0.15) is 34.7 Å². The number of rotatable bonds is 6. The number of H-pyrrole nitrogens is 1. The number of para-hydroxylation sites is 1. The molecule has 2 aromatic carbocycles. The standard InChI is InChI=1S/C22H23N3O2/c26-22(25-27)10-6-15-5-8-19-16(13-15)7-9-21(19)23-12-11-17-14-24-20-4-2-1-3-18(17)20/h1-6,8,10,13-14,21,23-24,27H,7,9,11-12H2,(H,25,26)/b10-6+/t21-/m1/s1. The van der Waals surface area contributed by atoms with Crippen LogP contribution in [-0.4, -0.2) is 22.6 Å². The molecule has 1 aliphatic carbocycles. The third-order valence-electron chi connectivity index (χ3n) is 5.24. The highest BCUT2D eigenvalue weighted by Gasteiger charge is 2.21. The normalized spacial score (nSPS) is 16.1. The van der Waals surface area contributed by atoms with Gasteiger partial charge in [0.25, 0.3) is 5.91 Å². The predicted octanol–water partition coefficient (Wildman–Crippen LogP) is 3.51. The summed E-state index contributed by atoms with van der Waals surface area (Å²) in [5.74, 6) is -0.521. The largest absolute Gasteiger partial charge is 0.361 e. The minimum atomic E-state index is -0.521. The minimum Gasteiger partial charge on any atom is -0.361 e. The second-order valence-electron chi connectivity index (χ2n) is 6.92. The van der Waals surface area contributed by atoms with Gasteiger partial charge >= 0.3 is 0 Å². The van der Waals surface area contributed by atoms with Crippen molar-refractivity contribution < 1.29 is 10.0 Å². The van der Waals surface area contributed by atoms with Crippen molar-refractivity contribution in [2.75, 3.05) is 6.54 Å². The Bertz CT molecular complexity index is 990. The SMILES string of the molecule is O=C(/C=C/c1ccc2c(c1)CC[C@H]2NCCc1c[nH]c2ccccc12)NO. The molecule has 0 radical (unpaired) electrons. The zero-order valence-electron chi connectivity index (χ0n) is 15.0. The van der Waals surface area contributed by atoms with Gasteiger partial charge in [0.2, 0.25) is 0 Å². The predicted molar refractivity (Wildman–Crippen MR) is 106 cm³/mol. The van der Waals surface area contributed by atoms with Crippen LogP contribution in [-0.2, 0) is 17.6 Å². The van der Waals surface area contributed by atoms with Gasteiger partial charge in [-0.3, -0.25) is 10.0 Å². The maximum atomic E-state index is 11.1. The van der Waals surface area contributed by atoms with E-state index in [-0.39, 0.29) is 0 Å². The molecule has 5 nitrogen and oxygen atoms in total. The third-order valence-corrected chi connectivity index (χ3v) is 5.24. The lowest BCUT2D eigenvalue weighted by Crippen LogP contribution is -2.21. The Morgan fingerprint density at radius 1 is 1.26 bits per heavy atom. The van der Waals surface area contributed by atoms with Crippen LogP contribution >= 0.6 is 0 Å². The zero-order valence-corrected chi connectivity index (χ0v) is 15.0. The van der Waals surface area contributed by atoms with Crippen molar-refractivity contribution in [1.29, 1.82) is 0 Å². The smallest absolute Gasteiger partial charge is 0.267 e. The summed E-state index contributed by atoms with van der Waals surface area (Å²) < 4.78 is 0. The number of fused-ring (bicyclic) bond motifs is 2. The molecule has 1 aromatic heterocycles. The Balaban J connectivity index is 1.38. The number of nitrogens with one attached hydrogen (secondary N) is 3. The first kappa shape index (κ1) is 17.5. The van der Waals surface area contributed by atoms with Gasteiger partial charge in [-0.05, 0) is 60.2 Å². The first-order chi connectivity index (χ1) is 13.2. The van der Waals surface area contributed by atoms with Gasteiger partial charge in [-0.1, -0.05) is 36.4 Å². The molecule has 3 aromatic rings. The van der Waals surface area contributed by atoms with E-state index in [9.17, 15) is 4.79 Å². The molecule has 4 rings (SSSR count). The summed E-state index contributed by atoms with van der Waals surface area (Å²) in [5.41, 5.74) is 7.78. The molecule has 0 bridgehead atoms. The van der Waals surface area contributed by atoms with Crippen LogP contribution in [0.5, 0.6) is 0 Å². The molecule has 0 saturated heterocycles. The van der Waals surface area contributed by atoms with E-state index < -0.39 is 5.91 Å². The van der Waals surface area contributed by atoms with E-state index >= 15 is 0 Å². The Hall–Kier alpha value is -2.89. The van der Waals surface area contributed by atoms with Crippen molar-refractivity contribution in [1.82, 2.24) is 15.8 Å². The zero-order chi connectivity index (χ0) is 18.6. The Labute approximate surface area is 158 Å². The maximum absolute atomic E-state index is 11.1. The first-order valence-electron chi connectivity index (χ1n) is 9.28. The topological polar surface area (TPSA) is 77.2 Å². The van der Waals surface area contributed by atoms with Crippen LogP contribution in [0.3, 0.4) is 0 Å². The number of aryl methyl sites for hydroxylation is 1. The van der Waals surface area contributed by atoms with E-state index in [1.54, 1.807) is 11.6 Å². The molecule has 1 atom stereocenters. The fraction of sp³-hybridized carbons (Fsp3) is 0.227. The number of aromatic amines is 1. The van der Waals surface area contributed by atoms with E-state index in [4.69, 9.17) is 5.21 Å². The molecule has 0 fully saturated rings. The van der Waals surface area contributed by atoms with Crippen LogP contribution in [0.15, 0.2) is 54.7 Å². The molecule has 4 N–H and O–H groups in total. The Morgan fingerprint density at radius 3 is 3.04 bits per heavy atom. The van der Waals surface area contributed by atoms with E-state index in [0.29, 0.717) is 6.04 Å². The first-order valence-corrected chi connectivity index (χ1v) is 9.28. The molecule has 0 saturated carbocycles. The second kappa shape index (κ2) is 7.78. The quantitative estimate of drug-likeness (QED) is 0.308. The summed E-state index contributed by atoms with van der Waals surface area (Å²) in [6, 6.07) is 15.1. The summed E-state index contributed by atoms with van der Waals surface area (Å²) in [4.78, 5) is 14.4. The van der Waals surface area contributed by atoms with Gasteiger partial charge in [-0.2, -0.15) is 0 Å². The summed E-state index contributed by atoms with van der Waals surface area (Å²) >= 11 is 0. The fourth-order valence-corrected chi connectivity index (χ4v) is 3.88. The average molecular weight is 361 g/mol. The van der Waals surface area contributed by atoms with Crippen molar-refractivity contribution in [2.45, 2.75) is 25.3 Å². The third kappa shape index (κ3) is 3.79. The highest BCUT2D eigenvalue weighted by atomic mass is 16.5. The summed E-state index contributed by atoms with van der Waals surface area (Å²) in [6.45, 7) is 0.935. The second-order valence-corrected chi connectivity index (χ2v) is 6.92. The lowest BCUT2D eigenvalue weighted by Gasteiger charge is -2.14. The number of carbonyl (C=O) groups is 1. The van der Waals surface area contributed by atoms with Crippen LogP contribution in [0.4, 0.5) is 0 Å². The number of benzene rings is 2. The molecular weight excluding hydrogens is 338 g/mol. The van der Waals surface area contributed by atoms with Crippen molar-refractivity contribution in [3.63, 3.8) is 0 Å². The Morgan fingerprint density at radius 2 is 2.15 bits per heavy atom. The summed E-state index contributed by atoms with van der Waals surface area (Å²) in [6.07, 6.45) is 8.27. The van der Waals surface area contributed by atoms with Crippen LogP contribution in [0.2, 0.25) is 0 Å². The lowest BCUT2D eigenvalue weighted by molar-refractivity contribution is -0.124. The molecule has 138 valence electrons. The number of hydrogen-bond donors (Lipinski definition) is 4. The molecule has 1 aliphatic rings. The van der Waals surface area contributed by atoms with Crippen molar-refractivity contribution >= 4 is 22.9 Å². The monoisotopic (exact) mass is 361 g/mol. The van der Waals surface area contributed by atoms with Crippen molar-refractivity contribution in [2.24, 2.45) is 0 Å². The summed E-state index contributed by atoms with van der Waals surface area (Å²) in [5, 5.41) is 13.5. The van der Waals surface area contributed by atoms with Gasteiger partial charge in [-0.25, -0.2) is 5.48 Å². The molecule has 1 amide bonds. The van der Waals surface area contributed by atoms with Crippen molar-refractivity contribution in [3.05, 3.63) is 77.0 Å². The van der Waals surface area contributed by atoms with E-state index in [1.807, 2.05) is 6.07 Å². The number of carbonyl (C=O) groups excluding carboxylic acids is 1. The van der Waals surface area contributed by atoms with Crippen LogP contribution in [0.25, 0.3) is 17.0 Å². The number of hydrogen-bond acceptors (Lipinski definition) is 3. The highest BCUT2D eigenvalue weighted by molar-refractivity contribution is 5.90. The maximum Gasteiger partial charge on any atom is 0.267 e. The van der Waals surface area contributed by atoms with Gasteiger partial charge in [-0.15, -0.1) is 0 Å². The molecule has 0 aliphatic heterocycles. The van der Waals surface area contributed by atoms with E-state index in [2.05, 4.69) is 52.9 Å². The van der Waals surface area contributed by atoms with E-state index in [0.717, 1.165) is 31.4 Å². The molecular formula is C22H23N3O2. The van der Waals surface area contributed by atoms with Gasteiger partial charge in [0.15, 0.2) is 0 Å². The molecule has 1 heterocycles. The van der Waals surface area contributed by atoms with Crippen molar-refractivity contribution in [3.8, 4) is 0 Å². The molecule has 27 heavy (non-hydrogen) atoms. The molecule has 0 unspecified atom stereocenters. The average Bonchev–Trinajstić information content (AvgIpc) is 3.30. The van der Waals surface area contributed by atoms with Crippen LogP contribution < -0.4 is 10.8 Å². The van der Waals surface area contributed by atoms with Gasteiger partial charge in [0, 0.05) is 29.2 Å². The highest BCUT2D eigenvalue weighted by Crippen LogP contribution is 2.32. The summed E-state index contributed by atoms with van der Waals surface area (Å²) in [7, 11) is 0. The van der Waals surface area contributed by atoms with Gasteiger partial charge < -0.3 is 10.3 Å². The minimum absolute atomic E-state index is 0.379. The fourth-order valence-electron chi connectivity index (χ4n) is 3.88. The molecule has 0 spiro atoms.